The van der Waals surface area contributed by atoms with Gasteiger partial charge in [-0.1, -0.05) is 23.2 Å². The molecule has 0 radical (unpaired) electrons. The maximum atomic E-state index is 12.4. The van der Waals surface area contributed by atoms with E-state index in [0.29, 0.717) is 22.2 Å². The largest absolute Gasteiger partial charge is 0.462 e. The van der Waals surface area contributed by atoms with Crippen LogP contribution in [0.15, 0.2) is 18.2 Å². The van der Waals surface area contributed by atoms with E-state index in [-0.39, 0.29) is 23.9 Å². The van der Waals surface area contributed by atoms with Gasteiger partial charge in [-0.3, -0.25) is 14.4 Å². The van der Waals surface area contributed by atoms with E-state index in [1.807, 2.05) is 0 Å². The van der Waals surface area contributed by atoms with E-state index >= 15 is 0 Å². The number of fused-ring (bicyclic) bond motifs is 1. The highest BCUT2D eigenvalue weighted by molar-refractivity contribution is 6.35. The lowest BCUT2D eigenvalue weighted by molar-refractivity contribution is -0.157. The average molecular weight is 384 g/mol. The topological polar surface area (TPSA) is 81.7 Å². The maximum Gasteiger partial charge on any atom is 0.310 e. The van der Waals surface area contributed by atoms with Gasteiger partial charge in [0.05, 0.1) is 22.5 Å². The van der Waals surface area contributed by atoms with Gasteiger partial charge in [0, 0.05) is 10.9 Å². The first-order valence-electron chi connectivity index (χ1n) is 8.06. The molecule has 2 aliphatic carbocycles. The summed E-state index contributed by atoms with van der Waals surface area (Å²) < 4.78 is 10.4. The van der Waals surface area contributed by atoms with Crippen LogP contribution in [-0.2, 0) is 23.9 Å². The highest BCUT2D eigenvalue weighted by atomic mass is 35.5. The van der Waals surface area contributed by atoms with E-state index in [1.165, 1.54) is 6.07 Å². The molecule has 3 fully saturated rings. The Labute approximate surface area is 153 Å². The van der Waals surface area contributed by atoms with Crippen LogP contribution in [0.25, 0.3) is 0 Å². The normalized spacial score (nSPS) is 31.8. The number of halogens is 2. The molecule has 25 heavy (non-hydrogen) atoms. The third kappa shape index (κ3) is 2.87. The minimum absolute atomic E-state index is 0.0418. The monoisotopic (exact) mass is 383 g/mol. The first-order chi connectivity index (χ1) is 11.9. The van der Waals surface area contributed by atoms with Crippen LogP contribution in [0.3, 0.4) is 0 Å². The first kappa shape index (κ1) is 16.7. The third-order valence-electron chi connectivity index (χ3n) is 5.30. The van der Waals surface area contributed by atoms with Gasteiger partial charge in [0.2, 0.25) is 0 Å². The van der Waals surface area contributed by atoms with Crippen LogP contribution in [0.5, 0.6) is 0 Å². The Bertz CT molecular complexity index is 765. The van der Waals surface area contributed by atoms with Crippen molar-refractivity contribution in [3.05, 3.63) is 28.2 Å². The molecule has 2 saturated carbocycles. The second-order valence-corrected chi connectivity index (χ2v) is 7.55. The summed E-state index contributed by atoms with van der Waals surface area (Å²) in [5.74, 6) is -2.04. The van der Waals surface area contributed by atoms with E-state index < -0.39 is 30.3 Å². The van der Waals surface area contributed by atoms with Crippen molar-refractivity contribution in [3.63, 3.8) is 0 Å². The van der Waals surface area contributed by atoms with Crippen molar-refractivity contribution < 1.29 is 23.9 Å². The Kier molecular flexibility index (Phi) is 4.12. The SMILES string of the molecule is O=C(COC(=O)[C@H]1[C@@H]2C[C@H]3[C@@H]1C(=O)O[C@@H]3C2)Nc1cc(Cl)ccc1Cl. The summed E-state index contributed by atoms with van der Waals surface area (Å²) in [6, 6.07) is 4.67. The Hall–Kier alpha value is -1.79. The number of ether oxygens (including phenoxy) is 2. The number of carbonyl (C=O) groups excluding carboxylic acids is 3. The standard InChI is InChI=1S/C17H15Cl2NO5/c18-8-1-2-10(19)11(5-8)20-13(21)6-24-16(22)14-7-3-9-12(4-7)25-17(23)15(9)14/h1-2,5,7,9,12,14-15H,3-4,6H2,(H,20,21)/t7-,9-,12-,14+,15+/m1/s1. The highest BCUT2D eigenvalue weighted by Crippen LogP contribution is 2.57. The number of esters is 2. The molecule has 1 aromatic carbocycles. The van der Waals surface area contributed by atoms with Gasteiger partial charge in [0.1, 0.15) is 6.10 Å². The van der Waals surface area contributed by atoms with Gasteiger partial charge >= 0.3 is 11.9 Å². The van der Waals surface area contributed by atoms with Gasteiger partial charge in [0.25, 0.3) is 5.91 Å². The minimum Gasteiger partial charge on any atom is -0.462 e. The molecule has 0 unspecified atom stereocenters. The lowest BCUT2D eigenvalue weighted by Gasteiger charge is -2.22. The molecule has 3 aliphatic rings. The predicted molar refractivity (Wildman–Crippen MR) is 89.1 cm³/mol. The van der Waals surface area contributed by atoms with Crippen LogP contribution in [-0.4, -0.2) is 30.6 Å². The Morgan fingerprint density at radius 2 is 2.08 bits per heavy atom. The van der Waals surface area contributed by atoms with E-state index in [0.717, 1.165) is 6.42 Å². The van der Waals surface area contributed by atoms with E-state index in [4.69, 9.17) is 32.7 Å². The minimum atomic E-state index is -0.521. The lowest BCUT2D eigenvalue weighted by Crippen LogP contribution is -2.35. The molecule has 8 heteroatoms. The lowest BCUT2D eigenvalue weighted by atomic mass is 9.80. The molecule has 0 spiro atoms. The maximum absolute atomic E-state index is 12.4. The molecular formula is C17H15Cl2NO5. The molecule has 2 bridgehead atoms. The second kappa shape index (κ2) is 6.18. The third-order valence-corrected chi connectivity index (χ3v) is 5.87. The number of benzene rings is 1. The summed E-state index contributed by atoms with van der Waals surface area (Å²) in [5, 5.41) is 3.30. The van der Waals surface area contributed by atoms with Gasteiger partial charge in [-0.05, 0) is 37.0 Å². The zero-order valence-corrected chi connectivity index (χ0v) is 14.5. The van der Waals surface area contributed by atoms with E-state index in [9.17, 15) is 14.4 Å². The van der Waals surface area contributed by atoms with Gasteiger partial charge in [0.15, 0.2) is 6.61 Å². The van der Waals surface area contributed by atoms with Crippen LogP contribution in [0.1, 0.15) is 12.8 Å². The fourth-order valence-corrected chi connectivity index (χ4v) is 4.67. The van der Waals surface area contributed by atoms with Crippen LogP contribution in [0.4, 0.5) is 5.69 Å². The summed E-state index contributed by atoms with van der Waals surface area (Å²) in [6.07, 6.45) is 1.47. The zero-order valence-electron chi connectivity index (χ0n) is 13.0. The van der Waals surface area contributed by atoms with Gasteiger partial charge in [-0.25, -0.2) is 0 Å². The summed E-state index contributed by atoms with van der Waals surface area (Å²) in [4.78, 5) is 36.3. The summed E-state index contributed by atoms with van der Waals surface area (Å²) in [5.41, 5.74) is 0.345. The quantitative estimate of drug-likeness (QED) is 0.808. The molecule has 5 atom stereocenters. The number of nitrogens with one attached hydrogen (secondary N) is 1. The van der Waals surface area contributed by atoms with Crippen molar-refractivity contribution in [2.45, 2.75) is 18.9 Å². The molecule has 4 rings (SSSR count). The molecule has 0 aromatic heterocycles. The first-order valence-corrected chi connectivity index (χ1v) is 8.81. The van der Waals surface area contributed by atoms with E-state index in [2.05, 4.69) is 5.32 Å². The van der Waals surface area contributed by atoms with Crippen LogP contribution in [0.2, 0.25) is 10.0 Å². The number of hydrogen-bond acceptors (Lipinski definition) is 5. The molecule has 6 nitrogen and oxygen atoms in total. The zero-order chi connectivity index (χ0) is 17.7. The Morgan fingerprint density at radius 1 is 1.28 bits per heavy atom. The fraction of sp³-hybridized carbons (Fsp3) is 0.471. The number of anilines is 1. The van der Waals surface area contributed by atoms with Crippen LogP contribution >= 0.6 is 23.2 Å². The average Bonchev–Trinajstić information content (AvgIpc) is 3.18. The molecular weight excluding hydrogens is 369 g/mol. The van der Waals surface area contributed by atoms with Gasteiger partial charge < -0.3 is 14.8 Å². The van der Waals surface area contributed by atoms with Crippen LogP contribution in [0, 0.1) is 23.7 Å². The van der Waals surface area contributed by atoms with Crippen molar-refractivity contribution in [2.75, 3.05) is 11.9 Å². The van der Waals surface area contributed by atoms with Crippen LogP contribution < -0.4 is 5.32 Å². The smallest absolute Gasteiger partial charge is 0.310 e. The summed E-state index contributed by atoms with van der Waals surface area (Å²) >= 11 is 11.8. The summed E-state index contributed by atoms with van der Waals surface area (Å²) in [6.45, 7) is -0.444. The Morgan fingerprint density at radius 3 is 2.88 bits per heavy atom. The highest BCUT2D eigenvalue weighted by Gasteiger charge is 2.64. The van der Waals surface area contributed by atoms with Crippen molar-refractivity contribution >= 4 is 46.7 Å². The molecule has 132 valence electrons. The number of rotatable bonds is 4. The molecule has 1 heterocycles. The molecule has 1 saturated heterocycles. The van der Waals surface area contributed by atoms with Gasteiger partial charge in [-0.15, -0.1) is 0 Å². The predicted octanol–water partition coefficient (Wildman–Crippen LogP) is 2.67. The second-order valence-electron chi connectivity index (χ2n) is 6.70. The number of hydrogen-bond donors (Lipinski definition) is 1. The molecule has 1 amide bonds. The molecule has 1 aliphatic heterocycles. The molecule has 1 N–H and O–H groups in total. The van der Waals surface area contributed by atoms with Gasteiger partial charge in [-0.2, -0.15) is 0 Å². The van der Waals surface area contributed by atoms with Crippen molar-refractivity contribution in [1.82, 2.24) is 0 Å². The van der Waals surface area contributed by atoms with Crippen molar-refractivity contribution in [3.8, 4) is 0 Å². The summed E-state index contributed by atoms with van der Waals surface area (Å²) in [7, 11) is 0. The van der Waals surface area contributed by atoms with E-state index in [1.54, 1.807) is 12.1 Å². The van der Waals surface area contributed by atoms with Crippen molar-refractivity contribution in [2.24, 2.45) is 23.7 Å². The van der Waals surface area contributed by atoms with Crippen molar-refractivity contribution in [1.29, 1.82) is 0 Å². The Balaban J connectivity index is 1.35. The molecule has 1 aromatic rings. The number of carbonyl (C=O) groups is 3. The number of amides is 1. The fourth-order valence-electron chi connectivity index (χ4n) is 4.34.